The first-order valence-corrected chi connectivity index (χ1v) is 6.22. The third-order valence-corrected chi connectivity index (χ3v) is 2.76. The molecule has 18 heavy (non-hydrogen) atoms. The molecular formula is C13H22N2O3. The Morgan fingerprint density at radius 2 is 2.33 bits per heavy atom. The van der Waals surface area contributed by atoms with Crippen LogP contribution in [0.15, 0.2) is 22.8 Å². The number of carbonyl (C=O) groups excluding carboxylic acids is 1. The Labute approximate surface area is 108 Å². The Hall–Kier alpha value is -1.33. The maximum absolute atomic E-state index is 11.8. The summed E-state index contributed by atoms with van der Waals surface area (Å²) in [4.78, 5) is 11.8. The highest BCUT2D eigenvalue weighted by Crippen LogP contribution is 1.99. The summed E-state index contributed by atoms with van der Waals surface area (Å²) >= 11 is 0. The van der Waals surface area contributed by atoms with E-state index < -0.39 is 0 Å². The minimum Gasteiger partial charge on any atom is -0.467 e. The maximum atomic E-state index is 11.8. The molecule has 0 aliphatic heterocycles. The number of ether oxygens (including phenoxy) is 1. The average Bonchev–Trinajstić information content (AvgIpc) is 2.88. The lowest BCUT2D eigenvalue weighted by molar-refractivity contribution is -0.123. The number of hydrogen-bond acceptors (Lipinski definition) is 4. The second-order valence-corrected chi connectivity index (χ2v) is 4.25. The molecule has 1 aromatic rings. The van der Waals surface area contributed by atoms with E-state index in [2.05, 4.69) is 17.6 Å². The fraction of sp³-hybridized carbons (Fsp3) is 0.615. The van der Waals surface area contributed by atoms with E-state index in [0.29, 0.717) is 13.2 Å². The van der Waals surface area contributed by atoms with Gasteiger partial charge in [-0.15, -0.1) is 0 Å². The van der Waals surface area contributed by atoms with E-state index in [1.54, 1.807) is 19.4 Å². The maximum Gasteiger partial charge on any atom is 0.237 e. The van der Waals surface area contributed by atoms with Gasteiger partial charge in [0.1, 0.15) is 5.76 Å². The lowest BCUT2D eigenvalue weighted by Crippen LogP contribution is -2.47. The van der Waals surface area contributed by atoms with Crippen molar-refractivity contribution in [1.82, 2.24) is 10.6 Å². The van der Waals surface area contributed by atoms with Gasteiger partial charge in [0.05, 0.1) is 25.5 Å². The van der Waals surface area contributed by atoms with Crippen LogP contribution < -0.4 is 10.6 Å². The third kappa shape index (κ3) is 4.89. The van der Waals surface area contributed by atoms with Crippen LogP contribution in [0.2, 0.25) is 0 Å². The Morgan fingerprint density at radius 3 is 2.89 bits per heavy atom. The Kier molecular flexibility index (Phi) is 6.46. The van der Waals surface area contributed by atoms with E-state index in [1.807, 2.05) is 13.0 Å². The number of furan rings is 1. The fourth-order valence-corrected chi connectivity index (χ4v) is 1.65. The predicted molar refractivity (Wildman–Crippen MR) is 69.1 cm³/mol. The molecular weight excluding hydrogens is 232 g/mol. The van der Waals surface area contributed by atoms with Crippen molar-refractivity contribution in [1.29, 1.82) is 0 Å². The number of rotatable bonds is 8. The minimum absolute atomic E-state index is 0.0408. The summed E-state index contributed by atoms with van der Waals surface area (Å²) in [7, 11) is 1.66. The number of carbonyl (C=O) groups is 1. The minimum atomic E-state index is -0.250. The second kappa shape index (κ2) is 7.89. The first kappa shape index (κ1) is 14.7. The van der Waals surface area contributed by atoms with Crippen LogP contribution >= 0.6 is 0 Å². The van der Waals surface area contributed by atoms with Crippen LogP contribution in [0.5, 0.6) is 0 Å². The smallest absolute Gasteiger partial charge is 0.237 e. The Bertz CT molecular complexity index is 338. The van der Waals surface area contributed by atoms with Crippen molar-refractivity contribution in [3.8, 4) is 0 Å². The quantitative estimate of drug-likeness (QED) is 0.734. The van der Waals surface area contributed by atoms with Gasteiger partial charge in [-0.2, -0.15) is 0 Å². The van der Waals surface area contributed by atoms with Crippen LogP contribution in [0.3, 0.4) is 0 Å². The molecule has 1 aromatic heterocycles. The summed E-state index contributed by atoms with van der Waals surface area (Å²) in [5, 5.41) is 6.05. The Balaban J connectivity index is 2.31. The summed E-state index contributed by atoms with van der Waals surface area (Å²) in [6, 6.07) is 3.58. The number of amides is 1. The zero-order valence-electron chi connectivity index (χ0n) is 11.2. The second-order valence-electron chi connectivity index (χ2n) is 4.25. The highest BCUT2D eigenvalue weighted by atomic mass is 16.5. The Morgan fingerprint density at radius 1 is 1.56 bits per heavy atom. The van der Waals surface area contributed by atoms with E-state index in [1.165, 1.54) is 0 Å². The average molecular weight is 254 g/mol. The van der Waals surface area contributed by atoms with Crippen molar-refractivity contribution in [2.24, 2.45) is 0 Å². The van der Waals surface area contributed by atoms with Crippen LogP contribution in [-0.2, 0) is 16.1 Å². The fourth-order valence-electron chi connectivity index (χ4n) is 1.65. The summed E-state index contributed by atoms with van der Waals surface area (Å²) in [5.74, 6) is 0.709. The van der Waals surface area contributed by atoms with Gasteiger partial charge in [0.2, 0.25) is 5.91 Å². The predicted octanol–water partition coefficient (Wildman–Crippen LogP) is 1.30. The standard InChI is InChI=1S/C13H22N2O3/c1-4-11(9-17-3)15-10(2)13(16)14-8-12-6-5-7-18-12/h5-7,10-11,15H,4,8-9H2,1-3H3,(H,14,16). The van der Waals surface area contributed by atoms with Gasteiger partial charge in [-0.05, 0) is 25.5 Å². The SMILES string of the molecule is CCC(COC)NC(C)C(=O)NCc1ccco1. The molecule has 0 saturated heterocycles. The summed E-state index contributed by atoms with van der Waals surface area (Å²) in [6.07, 6.45) is 2.51. The van der Waals surface area contributed by atoms with E-state index in [4.69, 9.17) is 9.15 Å². The molecule has 1 amide bonds. The van der Waals surface area contributed by atoms with Crippen molar-refractivity contribution in [3.63, 3.8) is 0 Å². The molecule has 102 valence electrons. The normalized spacial score (nSPS) is 14.2. The van der Waals surface area contributed by atoms with Crippen molar-refractivity contribution < 1.29 is 13.9 Å². The molecule has 0 bridgehead atoms. The van der Waals surface area contributed by atoms with Crippen LogP contribution in [0.4, 0.5) is 0 Å². The lowest BCUT2D eigenvalue weighted by Gasteiger charge is -2.20. The van der Waals surface area contributed by atoms with E-state index in [9.17, 15) is 4.79 Å². The van der Waals surface area contributed by atoms with Gasteiger partial charge in [-0.3, -0.25) is 4.79 Å². The van der Waals surface area contributed by atoms with E-state index >= 15 is 0 Å². The molecule has 0 saturated carbocycles. The summed E-state index contributed by atoms with van der Waals surface area (Å²) < 4.78 is 10.2. The number of methoxy groups -OCH3 is 1. The van der Waals surface area contributed by atoms with Gasteiger partial charge in [0.15, 0.2) is 0 Å². The highest BCUT2D eigenvalue weighted by molar-refractivity contribution is 5.81. The van der Waals surface area contributed by atoms with Crippen molar-refractivity contribution >= 4 is 5.91 Å². The van der Waals surface area contributed by atoms with Gasteiger partial charge in [-0.25, -0.2) is 0 Å². The topological polar surface area (TPSA) is 63.5 Å². The molecule has 1 heterocycles. The molecule has 0 aliphatic carbocycles. The molecule has 2 N–H and O–H groups in total. The molecule has 2 atom stereocenters. The molecule has 0 spiro atoms. The zero-order chi connectivity index (χ0) is 13.4. The van der Waals surface area contributed by atoms with Crippen LogP contribution in [0, 0.1) is 0 Å². The van der Waals surface area contributed by atoms with Crippen molar-refractivity contribution in [2.75, 3.05) is 13.7 Å². The van der Waals surface area contributed by atoms with Crippen LogP contribution in [0.1, 0.15) is 26.0 Å². The largest absolute Gasteiger partial charge is 0.467 e. The van der Waals surface area contributed by atoms with Crippen LogP contribution in [0.25, 0.3) is 0 Å². The molecule has 0 aromatic carbocycles. The first-order chi connectivity index (χ1) is 8.67. The number of hydrogen-bond donors (Lipinski definition) is 2. The van der Waals surface area contributed by atoms with Gasteiger partial charge in [0.25, 0.3) is 0 Å². The molecule has 2 unspecified atom stereocenters. The lowest BCUT2D eigenvalue weighted by atomic mass is 10.2. The molecule has 0 fully saturated rings. The summed E-state index contributed by atoms with van der Waals surface area (Å²) in [6.45, 7) is 4.92. The van der Waals surface area contributed by atoms with Crippen molar-refractivity contribution in [2.45, 2.75) is 38.9 Å². The van der Waals surface area contributed by atoms with Gasteiger partial charge in [-0.1, -0.05) is 6.92 Å². The molecule has 5 heteroatoms. The van der Waals surface area contributed by atoms with E-state index in [0.717, 1.165) is 12.2 Å². The highest BCUT2D eigenvalue weighted by Gasteiger charge is 2.16. The third-order valence-electron chi connectivity index (χ3n) is 2.76. The molecule has 0 radical (unpaired) electrons. The van der Waals surface area contributed by atoms with Gasteiger partial charge in [0, 0.05) is 13.2 Å². The monoisotopic (exact) mass is 254 g/mol. The zero-order valence-corrected chi connectivity index (χ0v) is 11.2. The van der Waals surface area contributed by atoms with Crippen LogP contribution in [-0.4, -0.2) is 31.7 Å². The summed E-state index contributed by atoms with van der Waals surface area (Å²) in [5.41, 5.74) is 0. The molecule has 5 nitrogen and oxygen atoms in total. The van der Waals surface area contributed by atoms with Gasteiger partial charge < -0.3 is 19.8 Å². The molecule has 1 rings (SSSR count). The van der Waals surface area contributed by atoms with Gasteiger partial charge >= 0.3 is 0 Å². The van der Waals surface area contributed by atoms with Crippen molar-refractivity contribution in [3.05, 3.63) is 24.2 Å². The first-order valence-electron chi connectivity index (χ1n) is 6.22. The number of nitrogens with one attached hydrogen (secondary N) is 2. The molecule has 0 aliphatic rings. The van der Waals surface area contributed by atoms with E-state index in [-0.39, 0.29) is 18.0 Å².